The summed E-state index contributed by atoms with van der Waals surface area (Å²) in [6.07, 6.45) is 0.684. The van der Waals surface area contributed by atoms with Gasteiger partial charge in [-0.25, -0.2) is 13.2 Å². The Labute approximate surface area is 174 Å². The van der Waals surface area contributed by atoms with Crippen molar-refractivity contribution in [2.45, 2.75) is 23.4 Å². The average Bonchev–Trinajstić information content (AvgIpc) is 3.09. The number of nitrogens with zero attached hydrogens (tertiary/aromatic N) is 2. The summed E-state index contributed by atoms with van der Waals surface area (Å²) in [6, 6.07) is 15.2. The Bertz CT molecular complexity index is 1120. The highest BCUT2D eigenvalue weighted by Gasteiger charge is 2.44. The first kappa shape index (κ1) is 20.2. The molecule has 1 spiro atoms. The number of benzene rings is 2. The lowest BCUT2D eigenvalue weighted by Gasteiger charge is -2.36. The maximum absolute atomic E-state index is 13.2. The Morgan fingerprint density at radius 3 is 2.37 bits per heavy atom. The molecule has 2 heterocycles. The van der Waals surface area contributed by atoms with Crippen LogP contribution in [0.4, 0.5) is 0 Å². The van der Waals surface area contributed by atoms with Gasteiger partial charge in [0.25, 0.3) is 5.91 Å². The van der Waals surface area contributed by atoms with Gasteiger partial charge in [0.05, 0.1) is 17.6 Å². The van der Waals surface area contributed by atoms with Crippen molar-refractivity contribution in [3.63, 3.8) is 0 Å². The molecule has 8 nitrogen and oxygen atoms in total. The van der Waals surface area contributed by atoms with Crippen LogP contribution in [0.15, 0.2) is 64.5 Å². The van der Waals surface area contributed by atoms with Crippen LogP contribution in [0.5, 0.6) is 0 Å². The van der Waals surface area contributed by atoms with Crippen LogP contribution in [0.25, 0.3) is 0 Å². The summed E-state index contributed by atoms with van der Waals surface area (Å²) in [7, 11) is -2.69. The smallest absolute Gasteiger partial charge is 0.339 e. The molecule has 9 heteroatoms. The van der Waals surface area contributed by atoms with E-state index in [0.29, 0.717) is 18.6 Å². The summed E-state index contributed by atoms with van der Waals surface area (Å²) in [5, 5.41) is 2.93. The summed E-state index contributed by atoms with van der Waals surface area (Å²) in [6.45, 7) is 0.341. The summed E-state index contributed by atoms with van der Waals surface area (Å²) >= 11 is 0. The minimum atomic E-state index is -3.90. The number of nitrogens with one attached hydrogen (secondary N) is 1. The van der Waals surface area contributed by atoms with E-state index in [4.69, 9.17) is 4.74 Å². The molecule has 0 saturated carbocycles. The zero-order chi connectivity index (χ0) is 21.4. The molecule has 2 aliphatic rings. The normalized spacial score (nSPS) is 18.7. The predicted molar refractivity (Wildman–Crippen MR) is 110 cm³/mol. The van der Waals surface area contributed by atoms with E-state index in [2.05, 4.69) is 10.3 Å². The third kappa shape index (κ3) is 3.50. The Morgan fingerprint density at radius 1 is 1.07 bits per heavy atom. The van der Waals surface area contributed by atoms with Crippen LogP contribution in [-0.4, -0.2) is 56.2 Å². The van der Waals surface area contributed by atoms with Crippen molar-refractivity contribution < 1.29 is 22.7 Å². The van der Waals surface area contributed by atoms with Gasteiger partial charge >= 0.3 is 5.97 Å². The molecule has 0 aliphatic carbocycles. The van der Waals surface area contributed by atoms with Gasteiger partial charge < -0.3 is 10.1 Å². The van der Waals surface area contributed by atoms with E-state index < -0.39 is 21.7 Å². The number of hydrogen-bond donors (Lipinski definition) is 1. The summed E-state index contributed by atoms with van der Waals surface area (Å²) in [5.74, 6) is -0.962. The largest absolute Gasteiger partial charge is 0.465 e. The van der Waals surface area contributed by atoms with Crippen molar-refractivity contribution in [1.29, 1.82) is 0 Å². The number of piperidine rings is 1. The van der Waals surface area contributed by atoms with Crippen molar-refractivity contribution in [1.82, 2.24) is 9.62 Å². The Hall–Kier alpha value is -3.04. The molecular weight excluding hydrogens is 406 g/mol. The SMILES string of the molecule is COC(=O)c1ccccc1S(=O)(=O)N1CCC2(CC1)N=C(c1ccccc1)C(=O)N2. The molecule has 2 aliphatic heterocycles. The molecule has 0 bridgehead atoms. The van der Waals surface area contributed by atoms with Crippen molar-refractivity contribution in [2.75, 3.05) is 20.2 Å². The van der Waals surface area contributed by atoms with Crippen molar-refractivity contribution in [3.05, 3.63) is 65.7 Å². The molecule has 0 unspecified atom stereocenters. The Morgan fingerprint density at radius 2 is 1.70 bits per heavy atom. The molecule has 0 aromatic heterocycles. The summed E-state index contributed by atoms with van der Waals surface area (Å²) in [4.78, 5) is 29.0. The molecule has 4 rings (SSSR count). The molecule has 156 valence electrons. The molecule has 2 aromatic carbocycles. The lowest BCUT2D eigenvalue weighted by molar-refractivity contribution is -0.115. The van der Waals surface area contributed by atoms with Gasteiger partial charge in [0.15, 0.2) is 0 Å². The highest BCUT2D eigenvalue weighted by Crippen LogP contribution is 2.32. The molecule has 1 N–H and O–H groups in total. The van der Waals surface area contributed by atoms with Crippen LogP contribution in [0.3, 0.4) is 0 Å². The van der Waals surface area contributed by atoms with E-state index in [1.807, 2.05) is 30.3 Å². The van der Waals surface area contributed by atoms with Crippen LogP contribution < -0.4 is 5.32 Å². The van der Waals surface area contributed by atoms with E-state index in [1.165, 1.54) is 23.5 Å². The van der Waals surface area contributed by atoms with Crippen LogP contribution in [0.2, 0.25) is 0 Å². The number of amides is 1. The predicted octanol–water partition coefficient (Wildman–Crippen LogP) is 1.57. The number of ether oxygens (including phenoxy) is 1. The molecule has 1 saturated heterocycles. The van der Waals surface area contributed by atoms with E-state index in [1.54, 1.807) is 12.1 Å². The number of carbonyl (C=O) groups is 2. The second-order valence-electron chi connectivity index (χ2n) is 7.20. The number of hydrogen-bond acceptors (Lipinski definition) is 6. The third-order valence-corrected chi connectivity index (χ3v) is 7.35. The van der Waals surface area contributed by atoms with Gasteiger partial charge in [0.1, 0.15) is 11.4 Å². The van der Waals surface area contributed by atoms with Gasteiger partial charge in [0.2, 0.25) is 10.0 Å². The molecule has 1 amide bonds. The van der Waals surface area contributed by atoms with Gasteiger partial charge in [-0.2, -0.15) is 4.31 Å². The maximum Gasteiger partial charge on any atom is 0.339 e. The number of methoxy groups -OCH3 is 1. The molecule has 2 aromatic rings. The van der Waals surface area contributed by atoms with Crippen LogP contribution in [0, 0.1) is 0 Å². The highest BCUT2D eigenvalue weighted by molar-refractivity contribution is 7.89. The van der Waals surface area contributed by atoms with Gasteiger partial charge in [-0.05, 0) is 12.1 Å². The quantitative estimate of drug-likeness (QED) is 0.746. The topological polar surface area (TPSA) is 105 Å². The fourth-order valence-corrected chi connectivity index (χ4v) is 5.42. The second-order valence-corrected chi connectivity index (χ2v) is 9.11. The van der Waals surface area contributed by atoms with Gasteiger partial charge in [0, 0.05) is 31.5 Å². The lowest BCUT2D eigenvalue weighted by atomic mass is 10.00. The fourth-order valence-electron chi connectivity index (χ4n) is 3.80. The van der Waals surface area contributed by atoms with E-state index in [9.17, 15) is 18.0 Å². The summed E-state index contributed by atoms with van der Waals surface area (Å²) in [5.41, 5.74) is 0.284. The molecule has 0 atom stereocenters. The first-order valence-corrected chi connectivity index (χ1v) is 11.0. The zero-order valence-electron chi connectivity index (χ0n) is 16.4. The Balaban J connectivity index is 1.56. The zero-order valence-corrected chi connectivity index (χ0v) is 17.2. The standard InChI is InChI=1S/C21H21N3O5S/c1-29-20(26)16-9-5-6-10-17(16)30(27,28)24-13-11-21(12-14-24)22-18(19(25)23-21)15-7-3-2-4-8-15/h2-10H,11-14H2,1H3,(H,23,25). The minimum Gasteiger partial charge on any atom is -0.465 e. The molecule has 1 fully saturated rings. The first-order chi connectivity index (χ1) is 14.4. The monoisotopic (exact) mass is 427 g/mol. The molecular formula is C21H21N3O5S. The van der Waals surface area contributed by atoms with Crippen LogP contribution in [-0.2, 0) is 19.6 Å². The highest BCUT2D eigenvalue weighted by atomic mass is 32.2. The number of carbonyl (C=O) groups excluding carboxylic acids is 2. The fraction of sp³-hybridized carbons (Fsp3) is 0.286. The van der Waals surface area contributed by atoms with E-state index in [0.717, 1.165) is 5.56 Å². The third-order valence-electron chi connectivity index (χ3n) is 5.39. The Kier molecular flexibility index (Phi) is 5.17. The molecule has 0 radical (unpaired) electrons. The van der Waals surface area contributed by atoms with Crippen LogP contribution in [0.1, 0.15) is 28.8 Å². The number of aliphatic imine (C=N–C) groups is 1. The average molecular weight is 427 g/mol. The van der Waals surface area contributed by atoms with Gasteiger partial charge in [-0.3, -0.25) is 9.79 Å². The molecule has 30 heavy (non-hydrogen) atoms. The maximum atomic E-state index is 13.2. The lowest BCUT2D eigenvalue weighted by Crippen LogP contribution is -2.52. The first-order valence-electron chi connectivity index (χ1n) is 9.52. The van der Waals surface area contributed by atoms with Crippen LogP contribution >= 0.6 is 0 Å². The number of sulfonamides is 1. The van der Waals surface area contributed by atoms with Gasteiger partial charge in [-0.15, -0.1) is 0 Å². The van der Waals surface area contributed by atoms with Gasteiger partial charge in [-0.1, -0.05) is 42.5 Å². The number of esters is 1. The number of rotatable bonds is 4. The van der Waals surface area contributed by atoms with Crippen molar-refractivity contribution >= 4 is 27.6 Å². The van der Waals surface area contributed by atoms with E-state index >= 15 is 0 Å². The van der Waals surface area contributed by atoms with Crippen molar-refractivity contribution in [2.24, 2.45) is 4.99 Å². The van der Waals surface area contributed by atoms with Crippen molar-refractivity contribution in [3.8, 4) is 0 Å². The minimum absolute atomic E-state index is 0.00107. The summed E-state index contributed by atoms with van der Waals surface area (Å²) < 4.78 is 32.4. The second kappa shape index (κ2) is 7.66. The van der Waals surface area contributed by atoms with E-state index in [-0.39, 0.29) is 29.5 Å².